The second kappa shape index (κ2) is 8.32. The zero-order valence-corrected chi connectivity index (χ0v) is 16.8. The summed E-state index contributed by atoms with van der Waals surface area (Å²) >= 11 is 5.60. The fourth-order valence-electron chi connectivity index (χ4n) is 2.77. The monoisotopic (exact) mass is 495 g/mol. The lowest BCUT2D eigenvalue weighted by Gasteiger charge is -2.26. The predicted octanol–water partition coefficient (Wildman–Crippen LogP) is 3.98. The van der Waals surface area contributed by atoms with E-state index in [4.69, 9.17) is 9.47 Å². The Balaban J connectivity index is 1.99. The highest BCUT2D eigenvalue weighted by molar-refractivity contribution is 14.1. The van der Waals surface area contributed by atoms with Gasteiger partial charge in [0.25, 0.3) is 0 Å². The van der Waals surface area contributed by atoms with Crippen molar-refractivity contribution < 1.29 is 19.1 Å². The highest BCUT2D eigenvalue weighted by atomic mass is 127. The Bertz CT molecular complexity index is 600. The first-order valence-corrected chi connectivity index (χ1v) is 9.25. The molecule has 0 aliphatic heterocycles. The van der Waals surface area contributed by atoms with Crippen LogP contribution in [-0.2, 0) is 14.3 Å². The normalized spacial score (nSPS) is 20.7. The van der Waals surface area contributed by atoms with E-state index in [1.54, 1.807) is 7.11 Å². The molecule has 1 aromatic carbocycles. The molecule has 1 aromatic rings. The number of carbonyl (C=O) groups excluding carboxylic acids is 2. The van der Waals surface area contributed by atoms with Crippen molar-refractivity contribution in [2.75, 3.05) is 19.5 Å². The third-order valence-electron chi connectivity index (χ3n) is 4.13. The Labute approximate surface area is 157 Å². The van der Waals surface area contributed by atoms with Gasteiger partial charge in [0.05, 0.1) is 30.3 Å². The van der Waals surface area contributed by atoms with Crippen molar-refractivity contribution >= 4 is 56.1 Å². The fourth-order valence-corrected chi connectivity index (χ4v) is 4.31. The minimum absolute atomic E-state index is 0.00407. The van der Waals surface area contributed by atoms with Gasteiger partial charge in [-0.2, -0.15) is 0 Å². The summed E-state index contributed by atoms with van der Waals surface area (Å²) in [6.07, 6.45) is 2.81. The van der Waals surface area contributed by atoms with Gasteiger partial charge in [-0.15, -0.1) is 0 Å². The van der Waals surface area contributed by atoms with Crippen LogP contribution in [-0.4, -0.2) is 26.1 Å². The number of anilines is 1. The number of rotatable bonds is 4. The molecule has 0 radical (unpaired) electrons. The van der Waals surface area contributed by atoms with Gasteiger partial charge in [-0.3, -0.25) is 9.59 Å². The topological polar surface area (TPSA) is 64.6 Å². The van der Waals surface area contributed by atoms with Crippen LogP contribution in [0.2, 0.25) is 0 Å². The summed E-state index contributed by atoms with van der Waals surface area (Å²) < 4.78 is 11.8. The summed E-state index contributed by atoms with van der Waals surface area (Å²) in [5, 5.41) is 2.98. The Morgan fingerprint density at radius 3 is 2.35 bits per heavy atom. The molecule has 2 rings (SSSR count). The maximum absolute atomic E-state index is 12.5. The molecule has 7 heteroatoms. The molecule has 0 aromatic heterocycles. The molecule has 0 spiro atoms. The average Bonchev–Trinajstić information content (AvgIpc) is 2.56. The van der Waals surface area contributed by atoms with Crippen LogP contribution < -0.4 is 10.1 Å². The predicted molar refractivity (Wildman–Crippen MR) is 99.5 cm³/mol. The number of amides is 1. The summed E-state index contributed by atoms with van der Waals surface area (Å²) in [5.74, 6) is 0.361. The highest BCUT2D eigenvalue weighted by Crippen LogP contribution is 2.34. The number of ether oxygens (including phenoxy) is 2. The minimum atomic E-state index is -0.170. The molecule has 1 fully saturated rings. The summed E-state index contributed by atoms with van der Waals surface area (Å²) in [4.78, 5) is 24.0. The van der Waals surface area contributed by atoms with Crippen LogP contribution in [0.25, 0.3) is 0 Å². The van der Waals surface area contributed by atoms with Gasteiger partial charge in [-0.1, -0.05) is 0 Å². The van der Waals surface area contributed by atoms with Crippen LogP contribution in [0.15, 0.2) is 16.6 Å². The van der Waals surface area contributed by atoms with E-state index in [9.17, 15) is 9.59 Å². The van der Waals surface area contributed by atoms with Gasteiger partial charge < -0.3 is 14.8 Å². The van der Waals surface area contributed by atoms with E-state index in [1.165, 1.54) is 7.11 Å². The van der Waals surface area contributed by atoms with E-state index in [1.807, 2.05) is 12.1 Å². The first kappa shape index (κ1) is 18.5. The zero-order chi connectivity index (χ0) is 17.0. The molecule has 1 saturated carbocycles. The Morgan fingerprint density at radius 2 is 1.78 bits per heavy atom. The summed E-state index contributed by atoms with van der Waals surface area (Å²) in [6, 6.07) is 3.72. The van der Waals surface area contributed by atoms with E-state index < -0.39 is 0 Å². The van der Waals surface area contributed by atoms with E-state index in [0.29, 0.717) is 31.4 Å². The van der Waals surface area contributed by atoms with Crippen molar-refractivity contribution in [2.24, 2.45) is 11.8 Å². The quantitative estimate of drug-likeness (QED) is 0.507. The summed E-state index contributed by atoms with van der Waals surface area (Å²) in [5.41, 5.74) is 0.741. The van der Waals surface area contributed by atoms with Crippen molar-refractivity contribution in [2.45, 2.75) is 25.7 Å². The van der Waals surface area contributed by atoms with E-state index in [0.717, 1.165) is 13.7 Å². The lowest BCUT2D eigenvalue weighted by molar-refractivity contribution is -0.147. The molecule has 0 saturated heterocycles. The number of hydrogen-bond donors (Lipinski definition) is 1. The third-order valence-corrected chi connectivity index (χ3v) is 5.64. The SMILES string of the molecule is COC(=O)C1CCC(C(=O)Nc2cc(OC)c(Br)cc2I)CC1. The molecule has 1 aliphatic carbocycles. The van der Waals surface area contributed by atoms with Crippen molar-refractivity contribution in [3.05, 3.63) is 20.2 Å². The standard InChI is InChI=1S/C16H19BrINO4/c1-22-14-8-13(12(18)7-11(14)17)19-15(20)9-3-5-10(6-4-9)16(21)23-2/h7-10H,3-6H2,1-2H3,(H,19,20). The highest BCUT2D eigenvalue weighted by Gasteiger charge is 2.30. The third kappa shape index (κ3) is 4.59. The Kier molecular flexibility index (Phi) is 6.70. The molecule has 0 bridgehead atoms. The number of halogens is 2. The molecular formula is C16H19BrINO4. The maximum Gasteiger partial charge on any atom is 0.308 e. The van der Waals surface area contributed by atoms with Crippen LogP contribution in [0.3, 0.4) is 0 Å². The number of nitrogens with one attached hydrogen (secondary N) is 1. The largest absolute Gasteiger partial charge is 0.495 e. The smallest absolute Gasteiger partial charge is 0.308 e. The van der Waals surface area contributed by atoms with Crippen LogP contribution in [0.4, 0.5) is 5.69 Å². The lowest BCUT2D eigenvalue weighted by atomic mass is 9.81. The molecule has 23 heavy (non-hydrogen) atoms. The average molecular weight is 496 g/mol. The number of carbonyl (C=O) groups is 2. The number of hydrogen-bond acceptors (Lipinski definition) is 4. The molecule has 0 heterocycles. The maximum atomic E-state index is 12.5. The number of methoxy groups -OCH3 is 2. The van der Waals surface area contributed by atoms with Crippen molar-refractivity contribution in [1.29, 1.82) is 0 Å². The molecule has 5 nitrogen and oxygen atoms in total. The van der Waals surface area contributed by atoms with Gasteiger partial charge >= 0.3 is 5.97 Å². The second-order valence-corrected chi connectivity index (χ2v) is 7.54. The van der Waals surface area contributed by atoms with Crippen LogP contribution >= 0.6 is 38.5 Å². The minimum Gasteiger partial charge on any atom is -0.495 e. The molecule has 1 amide bonds. The van der Waals surface area contributed by atoms with Crippen molar-refractivity contribution in [3.8, 4) is 5.75 Å². The fraction of sp³-hybridized carbons (Fsp3) is 0.500. The van der Waals surface area contributed by atoms with E-state index in [-0.39, 0.29) is 23.7 Å². The van der Waals surface area contributed by atoms with E-state index in [2.05, 4.69) is 43.8 Å². The molecule has 1 N–H and O–H groups in total. The first-order valence-electron chi connectivity index (χ1n) is 7.38. The Morgan fingerprint density at radius 1 is 1.17 bits per heavy atom. The molecule has 126 valence electrons. The first-order chi connectivity index (χ1) is 11.0. The van der Waals surface area contributed by atoms with E-state index >= 15 is 0 Å². The summed E-state index contributed by atoms with van der Waals surface area (Å²) in [7, 11) is 3.00. The Hall–Kier alpha value is -0.830. The van der Waals surface area contributed by atoms with Gasteiger partial charge in [0.15, 0.2) is 0 Å². The molecule has 0 atom stereocenters. The van der Waals surface area contributed by atoms with Gasteiger partial charge in [0.1, 0.15) is 5.75 Å². The van der Waals surface area contributed by atoms with Crippen LogP contribution in [0.1, 0.15) is 25.7 Å². The van der Waals surface area contributed by atoms with Crippen molar-refractivity contribution in [1.82, 2.24) is 0 Å². The number of benzene rings is 1. The number of esters is 1. The van der Waals surface area contributed by atoms with Gasteiger partial charge in [-0.25, -0.2) is 0 Å². The van der Waals surface area contributed by atoms with Gasteiger partial charge in [0, 0.05) is 15.6 Å². The van der Waals surface area contributed by atoms with Crippen LogP contribution in [0.5, 0.6) is 5.75 Å². The van der Waals surface area contributed by atoms with Crippen molar-refractivity contribution in [3.63, 3.8) is 0 Å². The zero-order valence-electron chi connectivity index (χ0n) is 13.0. The molecule has 1 aliphatic rings. The lowest BCUT2D eigenvalue weighted by Crippen LogP contribution is -2.30. The summed E-state index contributed by atoms with van der Waals surface area (Å²) in [6.45, 7) is 0. The second-order valence-electron chi connectivity index (χ2n) is 5.53. The molecular weight excluding hydrogens is 477 g/mol. The van der Waals surface area contributed by atoms with Gasteiger partial charge in [-0.05, 0) is 70.3 Å². The van der Waals surface area contributed by atoms with Gasteiger partial charge in [0.2, 0.25) is 5.91 Å². The molecule has 0 unspecified atom stereocenters. The van der Waals surface area contributed by atoms with Crippen LogP contribution in [0, 0.1) is 15.4 Å².